The van der Waals surface area contributed by atoms with Crippen LogP contribution in [0.15, 0.2) is 58.8 Å². The Bertz CT molecular complexity index is 945. The van der Waals surface area contributed by atoms with Gasteiger partial charge in [0.1, 0.15) is 18.1 Å². The van der Waals surface area contributed by atoms with Crippen molar-refractivity contribution in [2.45, 2.75) is 31.7 Å². The third-order valence-corrected chi connectivity index (χ3v) is 4.53. The molecule has 0 radical (unpaired) electrons. The summed E-state index contributed by atoms with van der Waals surface area (Å²) in [5.74, 6) is 2.02. The molecule has 1 heterocycles. The quantitative estimate of drug-likeness (QED) is 0.386. The van der Waals surface area contributed by atoms with Crippen LogP contribution in [-0.4, -0.2) is 33.4 Å². The summed E-state index contributed by atoms with van der Waals surface area (Å²) < 4.78 is 13.1. The average molecular weight is 417 g/mol. The monoisotopic (exact) mass is 416 g/mol. The zero-order valence-corrected chi connectivity index (χ0v) is 17.4. The number of ether oxygens (including phenoxy) is 2. The van der Waals surface area contributed by atoms with Crippen molar-refractivity contribution in [3.8, 4) is 11.5 Å². The Balaban J connectivity index is 1.77. The van der Waals surface area contributed by atoms with Gasteiger partial charge in [-0.1, -0.05) is 41.6 Å². The molecule has 1 aromatic heterocycles. The van der Waals surface area contributed by atoms with Crippen LogP contribution in [0.4, 0.5) is 0 Å². The Kier molecular flexibility index (Phi) is 6.95. The van der Waals surface area contributed by atoms with Crippen LogP contribution in [0.2, 0.25) is 5.02 Å². The lowest BCUT2D eigenvalue weighted by atomic mass is 10.2. The van der Waals surface area contributed by atoms with Gasteiger partial charge in [0.25, 0.3) is 0 Å². The van der Waals surface area contributed by atoms with E-state index in [0.717, 1.165) is 11.3 Å². The minimum Gasteiger partial charge on any atom is -0.489 e. The van der Waals surface area contributed by atoms with Gasteiger partial charge in [0.2, 0.25) is 5.16 Å². The standard InChI is InChI=1S/C20H21ClN4O2S/c1-14(2)27-18-10-9-15(11-17(18)21)12-22-25-19(23-24-20(25)28-3)13-26-16-7-5-4-6-8-16/h4-12,14H,13H2,1-3H3/b22-12-. The predicted molar refractivity (Wildman–Crippen MR) is 113 cm³/mol. The first-order valence-corrected chi connectivity index (χ1v) is 10.3. The number of nitrogens with zero attached hydrogens (tertiary/aromatic N) is 4. The topological polar surface area (TPSA) is 61.5 Å². The van der Waals surface area contributed by atoms with Crippen molar-refractivity contribution in [3.05, 3.63) is 64.9 Å². The summed E-state index contributed by atoms with van der Waals surface area (Å²) in [7, 11) is 0. The van der Waals surface area contributed by atoms with Crippen molar-refractivity contribution >= 4 is 29.6 Å². The molecule has 0 aliphatic heterocycles. The van der Waals surface area contributed by atoms with E-state index in [1.807, 2.05) is 68.6 Å². The van der Waals surface area contributed by atoms with Gasteiger partial charge < -0.3 is 9.47 Å². The smallest absolute Gasteiger partial charge is 0.211 e. The molecule has 0 atom stereocenters. The summed E-state index contributed by atoms with van der Waals surface area (Å²) in [6.45, 7) is 4.18. The van der Waals surface area contributed by atoms with E-state index in [-0.39, 0.29) is 12.7 Å². The molecule has 0 N–H and O–H groups in total. The molecule has 0 amide bonds. The van der Waals surface area contributed by atoms with Crippen molar-refractivity contribution < 1.29 is 9.47 Å². The van der Waals surface area contributed by atoms with Crippen LogP contribution in [0.25, 0.3) is 0 Å². The molecule has 3 aromatic rings. The van der Waals surface area contributed by atoms with E-state index in [1.165, 1.54) is 11.8 Å². The summed E-state index contributed by atoms with van der Waals surface area (Å²) in [4.78, 5) is 0. The maximum atomic E-state index is 6.30. The fraction of sp³-hybridized carbons (Fsp3) is 0.250. The molecule has 3 rings (SSSR count). The summed E-state index contributed by atoms with van der Waals surface area (Å²) in [5.41, 5.74) is 0.844. The van der Waals surface area contributed by atoms with Gasteiger partial charge in [-0.15, -0.1) is 10.2 Å². The molecule has 0 aliphatic rings. The predicted octanol–water partition coefficient (Wildman–Crippen LogP) is 4.90. The minimum atomic E-state index is 0.0605. The fourth-order valence-electron chi connectivity index (χ4n) is 2.36. The number of para-hydroxylation sites is 1. The van der Waals surface area contributed by atoms with Crippen LogP contribution in [0.1, 0.15) is 25.2 Å². The van der Waals surface area contributed by atoms with E-state index in [2.05, 4.69) is 15.3 Å². The molecule has 0 bridgehead atoms. The van der Waals surface area contributed by atoms with Gasteiger partial charge >= 0.3 is 0 Å². The van der Waals surface area contributed by atoms with E-state index in [1.54, 1.807) is 10.9 Å². The normalized spacial score (nSPS) is 11.3. The first-order valence-electron chi connectivity index (χ1n) is 8.73. The second-order valence-corrected chi connectivity index (χ2v) is 7.30. The van der Waals surface area contributed by atoms with Crippen LogP contribution in [0, 0.1) is 0 Å². The highest BCUT2D eigenvalue weighted by atomic mass is 35.5. The molecule has 2 aromatic carbocycles. The highest BCUT2D eigenvalue weighted by Crippen LogP contribution is 2.26. The number of hydrogen-bond donors (Lipinski definition) is 0. The van der Waals surface area contributed by atoms with Gasteiger partial charge in [0.05, 0.1) is 17.3 Å². The molecule has 0 saturated heterocycles. The zero-order chi connectivity index (χ0) is 19.9. The van der Waals surface area contributed by atoms with Crippen molar-refractivity contribution in [1.82, 2.24) is 14.9 Å². The van der Waals surface area contributed by atoms with Crippen molar-refractivity contribution in [3.63, 3.8) is 0 Å². The lowest BCUT2D eigenvalue weighted by molar-refractivity contribution is 0.242. The maximum Gasteiger partial charge on any atom is 0.211 e. The molecule has 8 heteroatoms. The molecule has 0 unspecified atom stereocenters. The largest absolute Gasteiger partial charge is 0.489 e. The third kappa shape index (κ3) is 5.27. The summed E-state index contributed by atoms with van der Waals surface area (Å²) in [6.07, 6.45) is 3.69. The first kappa shape index (κ1) is 20.2. The zero-order valence-electron chi connectivity index (χ0n) is 15.9. The number of benzene rings is 2. The van der Waals surface area contributed by atoms with E-state index in [9.17, 15) is 0 Å². The van der Waals surface area contributed by atoms with Crippen LogP contribution in [0.3, 0.4) is 0 Å². The number of aromatic nitrogens is 3. The molecule has 0 spiro atoms. The lowest BCUT2D eigenvalue weighted by Crippen LogP contribution is -2.06. The van der Waals surface area contributed by atoms with Gasteiger partial charge in [0, 0.05) is 0 Å². The van der Waals surface area contributed by atoms with Gasteiger partial charge in [-0.3, -0.25) is 0 Å². The van der Waals surface area contributed by atoms with E-state index in [4.69, 9.17) is 21.1 Å². The summed E-state index contributed by atoms with van der Waals surface area (Å²) in [6, 6.07) is 15.1. The number of halogens is 1. The summed E-state index contributed by atoms with van der Waals surface area (Å²) >= 11 is 7.76. The SMILES string of the molecule is CSc1nnc(COc2ccccc2)n1/N=C\c1ccc(OC(C)C)c(Cl)c1. The molecule has 0 saturated carbocycles. The Labute approximate surface area is 173 Å². The van der Waals surface area contributed by atoms with Crippen molar-refractivity contribution in [2.75, 3.05) is 6.26 Å². The Morgan fingerprint density at radius 3 is 2.64 bits per heavy atom. The van der Waals surface area contributed by atoms with Gasteiger partial charge in [-0.25, -0.2) is 0 Å². The average Bonchev–Trinajstić information content (AvgIpc) is 3.09. The minimum absolute atomic E-state index is 0.0605. The van der Waals surface area contributed by atoms with E-state index < -0.39 is 0 Å². The highest BCUT2D eigenvalue weighted by molar-refractivity contribution is 7.98. The summed E-state index contributed by atoms with van der Waals surface area (Å²) in [5, 5.41) is 14.1. The maximum absolute atomic E-state index is 6.30. The molecule has 6 nitrogen and oxygen atoms in total. The Hall–Kier alpha value is -2.51. The number of rotatable bonds is 8. The van der Waals surface area contributed by atoms with Crippen LogP contribution in [-0.2, 0) is 6.61 Å². The molecule has 28 heavy (non-hydrogen) atoms. The van der Waals surface area contributed by atoms with E-state index in [0.29, 0.717) is 21.8 Å². The van der Waals surface area contributed by atoms with Gasteiger partial charge in [-0.2, -0.15) is 9.78 Å². The second kappa shape index (κ2) is 9.61. The highest BCUT2D eigenvalue weighted by Gasteiger charge is 2.11. The fourth-order valence-corrected chi connectivity index (χ4v) is 3.05. The van der Waals surface area contributed by atoms with Crippen LogP contribution in [0.5, 0.6) is 11.5 Å². The second-order valence-electron chi connectivity index (χ2n) is 6.12. The van der Waals surface area contributed by atoms with Crippen LogP contribution < -0.4 is 9.47 Å². The first-order chi connectivity index (χ1) is 13.6. The molecule has 0 fully saturated rings. The lowest BCUT2D eigenvalue weighted by Gasteiger charge is -2.11. The van der Waals surface area contributed by atoms with Gasteiger partial charge in [0.15, 0.2) is 5.82 Å². The third-order valence-electron chi connectivity index (χ3n) is 3.61. The molecular weight excluding hydrogens is 396 g/mol. The van der Waals surface area contributed by atoms with E-state index >= 15 is 0 Å². The van der Waals surface area contributed by atoms with Crippen molar-refractivity contribution in [1.29, 1.82) is 0 Å². The molecule has 0 aliphatic carbocycles. The van der Waals surface area contributed by atoms with Crippen LogP contribution >= 0.6 is 23.4 Å². The van der Waals surface area contributed by atoms with Gasteiger partial charge in [-0.05, 0) is 56.0 Å². The Morgan fingerprint density at radius 2 is 1.96 bits per heavy atom. The Morgan fingerprint density at radius 1 is 1.18 bits per heavy atom. The molecular formula is C20H21ClN4O2S. The number of hydrogen-bond acceptors (Lipinski definition) is 6. The van der Waals surface area contributed by atoms with Crippen molar-refractivity contribution in [2.24, 2.45) is 5.10 Å². The molecule has 146 valence electrons. The number of thioether (sulfide) groups is 1.